The van der Waals surface area contributed by atoms with Gasteiger partial charge in [0, 0.05) is 18.8 Å². The monoisotopic (exact) mass is 457 g/mol. The molecule has 1 aliphatic rings. The molecule has 2 aromatic rings. The summed E-state index contributed by atoms with van der Waals surface area (Å²) in [5.74, 6) is -1.02. The fourth-order valence-corrected chi connectivity index (χ4v) is 5.12. The van der Waals surface area contributed by atoms with E-state index in [0.29, 0.717) is 25.1 Å². The Morgan fingerprint density at radius 3 is 2.31 bits per heavy atom. The van der Waals surface area contributed by atoms with Gasteiger partial charge in [0.15, 0.2) is 0 Å². The molecule has 0 aromatic heterocycles. The topological polar surface area (TPSA) is 95.6 Å². The molecule has 2 N–H and O–H groups in total. The third-order valence-electron chi connectivity index (χ3n) is 5.69. The number of rotatable bonds is 7. The number of carbonyl (C=O) groups is 2. The van der Waals surface area contributed by atoms with E-state index in [1.54, 1.807) is 17.0 Å². The van der Waals surface area contributed by atoms with Gasteiger partial charge in [-0.25, -0.2) is 8.42 Å². The van der Waals surface area contributed by atoms with Crippen LogP contribution in [0, 0.1) is 18.8 Å². The minimum Gasteiger partial charge on any atom is -0.341 e. The third kappa shape index (κ3) is 5.95. The lowest BCUT2D eigenvalue weighted by atomic mass is 9.95. The molecular weight excluding hydrogens is 426 g/mol. The largest absolute Gasteiger partial charge is 0.341 e. The molecule has 2 aromatic carbocycles. The molecule has 0 unspecified atom stereocenters. The van der Waals surface area contributed by atoms with Crippen LogP contribution < -0.4 is 10.0 Å². The van der Waals surface area contributed by atoms with Crippen molar-refractivity contribution in [3.05, 3.63) is 60.2 Å². The molecule has 0 bridgehead atoms. The fraction of sp³-hybridized carbons (Fsp3) is 0.417. The minimum atomic E-state index is -3.85. The number of nitrogens with one attached hydrogen (secondary N) is 2. The Bertz CT molecular complexity index is 1040. The number of para-hydroxylation sites is 1. The number of benzene rings is 2. The molecule has 172 valence electrons. The second-order valence-electron chi connectivity index (χ2n) is 8.63. The summed E-state index contributed by atoms with van der Waals surface area (Å²) in [4.78, 5) is 27.8. The molecular formula is C24H31N3O4S. The van der Waals surface area contributed by atoms with Gasteiger partial charge in [-0.2, -0.15) is 4.72 Å². The van der Waals surface area contributed by atoms with Crippen molar-refractivity contribution in [3.8, 4) is 0 Å². The molecule has 2 atom stereocenters. The van der Waals surface area contributed by atoms with Crippen LogP contribution in [0.1, 0.15) is 32.3 Å². The van der Waals surface area contributed by atoms with Crippen LogP contribution in [0.2, 0.25) is 0 Å². The Balaban J connectivity index is 1.70. The maximum Gasteiger partial charge on any atom is 0.241 e. The van der Waals surface area contributed by atoms with Crippen molar-refractivity contribution in [2.45, 2.75) is 44.6 Å². The number of sulfonamides is 1. The van der Waals surface area contributed by atoms with Crippen LogP contribution in [0.4, 0.5) is 5.69 Å². The van der Waals surface area contributed by atoms with Gasteiger partial charge in [-0.1, -0.05) is 49.7 Å². The van der Waals surface area contributed by atoms with Gasteiger partial charge in [0.1, 0.15) is 6.04 Å². The lowest BCUT2D eigenvalue weighted by Gasteiger charge is -2.35. The molecule has 8 heteroatoms. The molecule has 7 nitrogen and oxygen atoms in total. The Labute approximate surface area is 190 Å². The minimum absolute atomic E-state index is 0.125. The highest BCUT2D eigenvalue weighted by Crippen LogP contribution is 2.21. The predicted molar refractivity (Wildman–Crippen MR) is 125 cm³/mol. The second-order valence-corrected chi connectivity index (χ2v) is 10.3. The summed E-state index contributed by atoms with van der Waals surface area (Å²) < 4.78 is 28.3. The first kappa shape index (κ1) is 23.9. The van der Waals surface area contributed by atoms with Crippen molar-refractivity contribution in [3.63, 3.8) is 0 Å². The maximum absolute atomic E-state index is 13.3. The van der Waals surface area contributed by atoms with Crippen molar-refractivity contribution in [2.24, 2.45) is 11.8 Å². The number of nitrogens with zero attached hydrogens (tertiary/aromatic N) is 1. The molecule has 1 saturated heterocycles. The molecule has 2 amide bonds. The normalized spacial score (nSPS) is 17.8. The summed E-state index contributed by atoms with van der Waals surface area (Å²) in [7, 11) is -3.85. The summed E-state index contributed by atoms with van der Waals surface area (Å²) in [5, 5.41) is 2.90. The van der Waals surface area contributed by atoms with E-state index < -0.39 is 16.1 Å². The quantitative estimate of drug-likeness (QED) is 0.668. The Hall–Kier alpha value is -2.71. The Morgan fingerprint density at radius 2 is 1.69 bits per heavy atom. The zero-order valence-electron chi connectivity index (χ0n) is 18.7. The molecule has 0 aliphatic carbocycles. The number of hydrogen-bond acceptors (Lipinski definition) is 4. The SMILES string of the molecule is Cc1ccc(S(=O)(=O)N[C@@H](C(=O)N2CCC[C@@H](C(=O)Nc3ccccc3)C2)C(C)C)cc1. The zero-order valence-corrected chi connectivity index (χ0v) is 19.6. The molecule has 0 spiro atoms. The smallest absolute Gasteiger partial charge is 0.241 e. The van der Waals surface area contributed by atoms with E-state index in [-0.39, 0.29) is 35.1 Å². The highest BCUT2D eigenvalue weighted by Gasteiger charge is 2.35. The van der Waals surface area contributed by atoms with E-state index in [2.05, 4.69) is 10.0 Å². The number of carbonyl (C=O) groups excluding carboxylic acids is 2. The number of aryl methyl sites for hydroxylation is 1. The summed E-state index contributed by atoms with van der Waals surface area (Å²) in [5.41, 5.74) is 1.67. The van der Waals surface area contributed by atoms with Crippen LogP contribution in [-0.2, 0) is 19.6 Å². The average Bonchev–Trinajstić information content (AvgIpc) is 2.78. The maximum atomic E-state index is 13.3. The first-order valence-electron chi connectivity index (χ1n) is 10.9. The van der Waals surface area contributed by atoms with Crippen LogP contribution in [0.25, 0.3) is 0 Å². The van der Waals surface area contributed by atoms with E-state index >= 15 is 0 Å². The first-order chi connectivity index (χ1) is 15.2. The molecule has 1 heterocycles. The van der Waals surface area contributed by atoms with Gasteiger partial charge >= 0.3 is 0 Å². The van der Waals surface area contributed by atoms with E-state index in [1.165, 1.54) is 12.1 Å². The molecule has 32 heavy (non-hydrogen) atoms. The average molecular weight is 458 g/mol. The standard InChI is InChI=1S/C24H31N3O4S/c1-17(2)22(26-32(30,31)21-13-11-18(3)12-14-21)24(29)27-15-7-8-19(16-27)23(28)25-20-9-5-4-6-10-20/h4-6,9-14,17,19,22,26H,7-8,15-16H2,1-3H3,(H,25,28)/t19-,22-/m1/s1. The van der Waals surface area contributed by atoms with Crippen molar-refractivity contribution in [1.29, 1.82) is 0 Å². The number of hydrogen-bond donors (Lipinski definition) is 2. The molecule has 1 aliphatic heterocycles. The van der Waals surface area contributed by atoms with E-state index in [0.717, 1.165) is 5.56 Å². The lowest BCUT2D eigenvalue weighted by molar-refractivity contribution is -0.137. The predicted octanol–water partition coefficient (Wildman–Crippen LogP) is 3.18. The fourth-order valence-electron chi connectivity index (χ4n) is 3.78. The van der Waals surface area contributed by atoms with Crippen LogP contribution in [0.3, 0.4) is 0 Å². The lowest BCUT2D eigenvalue weighted by Crippen LogP contribution is -2.54. The van der Waals surface area contributed by atoms with Gasteiger partial charge < -0.3 is 10.2 Å². The summed E-state index contributed by atoms with van der Waals surface area (Å²) in [6.07, 6.45) is 1.37. The second kappa shape index (κ2) is 10.3. The number of likely N-dealkylation sites (tertiary alicyclic amines) is 1. The number of piperidine rings is 1. The van der Waals surface area contributed by atoms with Crippen molar-refractivity contribution < 1.29 is 18.0 Å². The van der Waals surface area contributed by atoms with Gasteiger partial charge in [-0.05, 0) is 49.9 Å². The summed E-state index contributed by atoms with van der Waals surface area (Å²) >= 11 is 0. The van der Waals surface area contributed by atoms with Gasteiger partial charge in [-0.15, -0.1) is 0 Å². The van der Waals surface area contributed by atoms with Crippen molar-refractivity contribution in [1.82, 2.24) is 9.62 Å². The van der Waals surface area contributed by atoms with Gasteiger partial charge in [-0.3, -0.25) is 9.59 Å². The van der Waals surface area contributed by atoms with E-state index in [1.807, 2.05) is 51.1 Å². The molecule has 0 saturated carbocycles. The summed E-state index contributed by atoms with van der Waals surface area (Å²) in [6, 6.07) is 14.8. The highest BCUT2D eigenvalue weighted by atomic mass is 32.2. The van der Waals surface area contributed by atoms with Crippen molar-refractivity contribution >= 4 is 27.5 Å². The van der Waals surface area contributed by atoms with Crippen LogP contribution in [0.5, 0.6) is 0 Å². The number of anilines is 1. The van der Waals surface area contributed by atoms with Crippen LogP contribution >= 0.6 is 0 Å². The van der Waals surface area contributed by atoms with Crippen LogP contribution in [-0.4, -0.2) is 44.3 Å². The van der Waals surface area contributed by atoms with Gasteiger partial charge in [0.25, 0.3) is 0 Å². The molecule has 3 rings (SSSR count). The molecule has 1 fully saturated rings. The summed E-state index contributed by atoms with van der Waals surface area (Å²) in [6.45, 7) is 6.27. The van der Waals surface area contributed by atoms with E-state index in [4.69, 9.17) is 0 Å². The molecule has 0 radical (unpaired) electrons. The van der Waals surface area contributed by atoms with Crippen molar-refractivity contribution in [2.75, 3.05) is 18.4 Å². The van der Waals surface area contributed by atoms with Crippen LogP contribution in [0.15, 0.2) is 59.5 Å². The number of amides is 2. The Morgan fingerprint density at radius 1 is 1.03 bits per heavy atom. The first-order valence-corrected chi connectivity index (χ1v) is 12.4. The van der Waals surface area contributed by atoms with E-state index in [9.17, 15) is 18.0 Å². The third-order valence-corrected chi connectivity index (χ3v) is 7.15. The Kier molecular flexibility index (Phi) is 7.69. The van der Waals surface area contributed by atoms with Gasteiger partial charge in [0.2, 0.25) is 21.8 Å². The zero-order chi connectivity index (χ0) is 23.3. The highest BCUT2D eigenvalue weighted by molar-refractivity contribution is 7.89. The van der Waals surface area contributed by atoms with Gasteiger partial charge in [0.05, 0.1) is 10.8 Å².